The van der Waals surface area contributed by atoms with Gasteiger partial charge < -0.3 is 14.8 Å². The molecule has 1 aliphatic rings. The summed E-state index contributed by atoms with van der Waals surface area (Å²) in [5.41, 5.74) is 1.04. The molecule has 1 N–H and O–H groups in total. The number of sulfonamides is 1. The van der Waals surface area contributed by atoms with E-state index in [9.17, 15) is 8.42 Å². The van der Waals surface area contributed by atoms with E-state index in [-0.39, 0.29) is 23.7 Å². The molecule has 2 aromatic carbocycles. The van der Waals surface area contributed by atoms with E-state index in [1.54, 1.807) is 30.6 Å². The summed E-state index contributed by atoms with van der Waals surface area (Å²) >= 11 is 5.92. The molecular weight excluding hydrogens is 450 g/mol. The Kier molecular flexibility index (Phi) is 7.40. The number of ether oxygens (including phenoxy) is 2. The molecule has 0 radical (unpaired) electrons. The molecule has 4 rings (SSSR count). The monoisotopic (exact) mass is 475 g/mol. The van der Waals surface area contributed by atoms with E-state index in [0.29, 0.717) is 36.6 Å². The Morgan fingerprint density at radius 2 is 2.00 bits per heavy atom. The second-order valence-corrected chi connectivity index (χ2v) is 10.1. The second-order valence-electron chi connectivity index (χ2n) is 7.80. The minimum Gasteiger partial charge on any atom is -0.375 e. The van der Waals surface area contributed by atoms with Crippen LogP contribution in [0.4, 0.5) is 0 Å². The molecule has 32 heavy (non-hydrogen) atoms. The topological polar surface area (TPSA) is 80.8 Å². The molecule has 0 saturated carbocycles. The van der Waals surface area contributed by atoms with E-state index in [4.69, 9.17) is 21.1 Å². The first-order chi connectivity index (χ1) is 15.5. The summed E-state index contributed by atoms with van der Waals surface area (Å²) in [5, 5.41) is 5.51. The fraction of sp³-hybridized carbons (Fsp3) is 0.348. The molecule has 1 fully saturated rings. The number of benzene rings is 2. The van der Waals surface area contributed by atoms with Crippen molar-refractivity contribution in [1.29, 1.82) is 0 Å². The van der Waals surface area contributed by atoms with E-state index < -0.39 is 10.0 Å². The van der Waals surface area contributed by atoms with Crippen molar-refractivity contribution < 1.29 is 17.9 Å². The molecule has 1 aromatic heterocycles. The number of hydrogen-bond donors (Lipinski definition) is 1. The van der Waals surface area contributed by atoms with Gasteiger partial charge in [-0.15, -0.1) is 0 Å². The number of aromatic nitrogens is 1. The SMILES string of the molecule is COCN([C@H]1CN[C@H](COCc2ccc(Cl)cc2)C1)S(=O)(=O)c1cccc2cnccc12. The molecule has 0 amide bonds. The van der Waals surface area contributed by atoms with Gasteiger partial charge in [0.05, 0.1) is 18.1 Å². The maximum absolute atomic E-state index is 13.6. The van der Waals surface area contributed by atoms with Crippen LogP contribution in [0.3, 0.4) is 0 Å². The van der Waals surface area contributed by atoms with Crippen molar-refractivity contribution in [3.8, 4) is 0 Å². The number of nitrogens with one attached hydrogen (secondary N) is 1. The number of hydrogen-bond acceptors (Lipinski definition) is 6. The van der Waals surface area contributed by atoms with Gasteiger partial charge in [-0.05, 0) is 36.2 Å². The first kappa shape index (κ1) is 23.1. The van der Waals surface area contributed by atoms with Crippen molar-refractivity contribution in [3.05, 3.63) is 71.5 Å². The third-order valence-corrected chi connectivity index (χ3v) is 7.78. The largest absolute Gasteiger partial charge is 0.375 e. The molecule has 2 heterocycles. The number of nitrogens with zero attached hydrogens (tertiary/aromatic N) is 2. The van der Waals surface area contributed by atoms with E-state index in [0.717, 1.165) is 10.9 Å². The molecule has 9 heteroatoms. The van der Waals surface area contributed by atoms with Gasteiger partial charge in [-0.25, -0.2) is 8.42 Å². The van der Waals surface area contributed by atoms with Crippen LogP contribution in [0.2, 0.25) is 5.02 Å². The van der Waals surface area contributed by atoms with Crippen LogP contribution in [0.25, 0.3) is 10.8 Å². The standard InChI is InChI=1S/C23H26ClN3O4S/c1-30-16-27(32(28,29)23-4-2-3-18-12-25-10-9-22(18)23)21-11-20(26-13-21)15-31-14-17-5-7-19(24)8-6-17/h2-10,12,20-21,26H,11,13-16H2,1H3/t20-,21+/m0/s1. The van der Waals surface area contributed by atoms with Gasteiger partial charge in [-0.1, -0.05) is 35.9 Å². The van der Waals surface area contributed by atoms with Crippen LogP contribution >= 0.6 is 11.6 Å². The smallest absolute Gasteiger partial charge is 0.245 e. The molecule has 7 nitrogen and oxygen atoms in total. The number of halogens is 1. The summed E-state index contributed by atoms with van der Waals surface area (Å²) in [5.74, 6) is 0. The molecule has 1 aliphatic heterocycles. The van der Waals surface area contributed by atoms with Gasteiger partial charge >= 0.3 is 0 Å². The zero-order valence-corrected chi connectivity index (χ0v) is 19.3. The summed E-state index contributed by atoms with van der Waals surface area (Å²) in [6.45, 7) is 1.47. The number of methoxy groups -OCH3 is 1. The van der Waals surface area contributed by atoms with Crippen molar-refractivity contribution in [2.45, 2.75) is 30.0 Å². The first-order valence-electron chi connectivity index (χ1n) is 10.4. The maximum Gasteiger partial charge on any atom is 0.245 e. The van der Waals surface area contributed by atoms with Crippen LogP contribution in [0.15, 0.2) is 65.8 Å². The zero-order valence-electron chi connectivity index (χ0n) is 17.8. The molecular formula is C23H26ClN3O4S. The lowest BCUT2D eigenvalue weighted by Gasteiger charge is -2.27. The molecule has 170 valence electrons. The third kappa shape index (κ3) is 5.11. The van der Waals surface area contributed by atoms with Gasteiger partial charge in [0.25, 0.3) is 0 Å². The molecule has 0 bridgehead atoms. The van der Waals surface area contributed by atoms with Crippen LogP contribution in [-0.2, 0) is 26.1 Å². The minimum absolute atomic E-state index is 0.0193. The highest BCUT2D eigenvalue weighted by atomic mass is 35.5. The van der Waals surface area contributed by atoms with E-state index >= 15 is 0 Å². The first-order valence-corrected chi connectivity index (χ1v) is 12.2. The summed E-state index contributed by atoms with van der Waals surface area (Å²) < 4.78 is 39.8. The molecule has 0 spiro atoms. The number of fused-ring (bicyclic) bond motifs is 1. The molecule has 0 aliphatic carbocycles. The van der Waals surface area contributed by atoms with Gasteiger partial charge in [-0.2, -0.15) is 4.31 Å². The van der Waals surface area contributed by atoms with E-state index in [1.807, 2.05) is 30.3 Å². The Bertz CT molecular complexity index is 1150. The van der Waals surface area contributed by atoms with E-state index in [1.165, 1.54) is 11.4 Å². The van der Waals surface area contributed by atoms with E-state index in [2.05, 4.69) is 10.3 Å². The highest BCUT2D eigenvalue weighted by Crippen LogP contribution is 2.28. The van der Waals surface area contributed by atoms with Crippen LogP contribution in [0, 0.1) is 0 Å². The number of rotatable bonds is 9. The highest BCUT2D eigenvalue weighted by Gasteiger charge is 2.37. The summed E-state index contributed by atoms with van der Waals surface area (Å²) in [6.07, 6.45) is 3.91. The fourth-order valence-corrected chi connectivity index (χ4v) is 5.88. The van der Waals surface area contributed by atoms with Crippen molar-refractivity contribution in [3.63, 3.8) is 0 Å². The average molecular weight is 476 g/mol. The number of pyridine rings is 1. The van der Waals surface area contributed by atoms with Crippen LogP contribution in [-0.4, -0.2) is 56.8 Å². The average Bonchev–Trinajstić information content (AvgIpc) is 3.26. The van der Waals surface area contributed by atoms with Gasteiger partial charge in [0.15, 0.2) is 0 Å². The summed E-state index contributed by atoms with van der Waals surface area (Å²) in [4.78, 5) is 4.36. The molecule has 2 atom stereocenters. The Labute approximate surface area is 193 Å². The molecule has 1 saturated heterocycles. The third-order valence-electron chi connectivity index (χ3n) is 5.59. The maximum atomic E-state index is 13.6. The Balaban J connectivity index is 1.45. The van der Waals surface area contributed by atoms with Crippen LogP contribution < -0.4 is 5.32 Å². The predicted molar refractivity (Wildman–Crippen MR) is 124 cm³/mol. The predicted octanol–water partition coefficient (Wildman–Crippen LogP) is 3.43. The van der Waals surface area contributed by atoms with Crippen molar-refractivity contribution >= 4 is 32.4 Å². The normalized spacial score (nSPS) is 19.1. The van der Waals surface area contributed by atoms with Crippen molar-refractivity contribution in [2.24, 2.45) is 0 Å². The van der Waals surface area contributed by atoms with Crippen LogP contribution in [0.1, 0.15) is 12.0 Å². The lowest BCUT2D eigenvalue weighted by Crippen LogP contribution is -2.42. The van der Waals surface area contributed by atoms with Crippen molar-refractivity contribution in [2.75, 3.05) is 27.0 Å². The Morgan fingerprint density at radius 3 is 2.78 bits per heavy atom. The quantitative estimate of drug-likeness (QED) is 0.477. The lowest BCUT2D eigenvalue weighted by molar-refractivity contribution is 0.0888. The van der Waals surface area contributed by atoms with Crippen molar-refractivity contribution in [1.82, 2.24) is 14.6 Å². The summed E-state index contributed by atoms with van der Waals surface area (Å²) in [6, 6.07) is 14.3. The van der Waals surface area contributed by atoms with Gasteiger partial charge in [0.2, 0.25) is 10.0 Å². The lowest BCUT2D eigenvalue weighted by atomic mass is 10.2. The van der Waals surface area contributed by atoms with Gasteiger partial charge in [-0.3, -0.25) is 4.98 Å². The fourth-order valence-electron chi connectivity index (χ4n) is 3.99. The second kappa shape index (κ2) is 10.2. The van der Waals surface area contributed by atoms with Gasteiger partial charge in [0.1, 0.15) is 6.73 Å². The Morgan fingerprint density at radius 1 is 1.19 bits per heavy atom. The summed E-state index contributed by atoms with van der Waals surface area (Å²) in [7, 11) is -2.27. The molecule has 0 unspecified atom stereocenters. The molecule has 3 aromatic rings. The van der Waals surface area contributed by atoms with Gasteiger partial charge in [0, 0.05) is 53.9 Å². The van der Waals surface area contributed by atoms with Crippen LogP contribution in [0.5, 0.6) is 0 Å². The zero-order chi connectivity index (χ0) is 22.6. The Hall–Kier alpha value is -2.07. The minimum atomic E-state index is -3.78. The highest BCUT2D eigenvalue weighted by molar-refractivity contribution is 7.89.